The Labute approximate surface area is 138 Å². The molecule has 0 spiro atoms. The fourth-order valence-corrected chi connectivity index (χ4v) is 2.11. The standard InChI is InChI=1S/C16H23F2NO2.C2H6/c1-2-3-4-5-6-7-8-11-21-13-10-9-12(17)14(15(13)18)16(19)20;1-2/h9-10H,2-8,11H2,1H3,(H2,19,20);1-2H3. The highest BCUT2D eigenvalue weighted by Gasteiger charge is 2.18. The average Bonchev–Trinajstić information content (AvgIpc) is 2.53. The molecule has 0 aromatic heterocycles. The number of amides is 1. The van der Waals surface area contributed by atoms with Gasteiger partial charge >= 0.3 is 0 Å². The van der Waals surface area contributed by atoms with Crippen molar-refractivity contribution in [1.29, 1.82) is 0 Å². The predicted octanol–water partition coefficient (Wildman–Crippen LogP) is 5.22. The molecule has 1 aromatic rings. The molecule has 0 atom stereocenters. The number of unbranched alkanes of at least 4 members (excludes halogenated alkanes) is 6. The highest BCUT2D eigenvalue weighted by molar-refractivity contribution is 5.93. The molecular formula is C18H29F2NO2. The second kappa shape index (κ2) is 12.9. The number of carbonyl (C=O) groups is 1. The van der Waals surface area contributed by atoms with Crippen LogP contribution < -0.4 is 10.5 Å². The lowest BCUT2D eigenvalue weighted by atomic mass is 10.1. The topological polar surface area (TPSA) is 52.3 Å². The molecule has 0 aliphatic carbocycles. The zero-order valence-electron chi connectivity index (χ0n) is 14.5. The summed E-state index contributed by atoms with van der Waals surface area (Å²) in [6.07, 6.45) is 7.85. The van der Waals surface area contributed by atoms with Crippen molar-refractivity contribution in [3.05, 3.63) is 29.3 Å². The van der Waals surface area contributed by atoms with Crippen LogP contribution >= 0.6 is 0 Å². The Morgan fingerprint density at radius 2 is 1.61 bits per heavy atom. The third-order valence-electron chi connectivity index (χ3n) is 3.31. The van der Waals surface area contributed by atoms with Crippen LogP contribution in [0.2, 0.25) is 0 Å². The summed E-state index contributed by atoms with van der Waals surface area (Å²) in [7, 11) is 0. The Kier molecular flexibility index (Phi) is 11.9. The van der Waals surface area contributed by atoms with Crippen LogP contribution in [0.25, 0.3) is 0 Å². The second-order valence-electron chi connectivity index (χ2n) is 5.07. The number of halogens is 2. The van der Waals surface area contributed by atoms with Gasteiger partial charge in [-0.2, -0.15) is 0 Å². The fourth-order valence-electron chi connectivity index (χ4n) is 2.11. The summed E-state index contributed by atoms with van der Waals surface area (Å²) >= 11 is 0. The van der Waals surface area contributed by atoms with Crippen molar-refractivity contribution >= 4 is 5.91 Å². The van der Waals surface area contributed by atoms with Crippen LogP contribution in [0, 0.1) is 11.6 Å². The first-order valence-electron chi connectivity index (χ1n) is 8.48. The molecule has 5 heteroatoms. The molecule has 0 radical (unpaired) electrons. The van der Waals surface area contributed by atoms with Crippen molar-refractivity contribution in [2.75, 3.05) is 6.61 Å². The van der Waals surface area contributed by atoms with Crippen LogP contribution in [-0.2, 0) is 0 Å². The van der Waals surface area contributed by atoms with E-state index in [1.165, 1.54) is 31.7 Å². The summed E-state index contributed by atoms with van der Waals surface area (Å²) in [4.78, 5) is 11.0. The van der Waals surface area contributed by atoms with E-state index >= 15 is 0 Å². The van der Waals surface area contributed by atoms with Gasteiger partial charge in [-0.05, 0) is 18.6 Å². The number of rotatable bonds is 10. The molecule has 0 saturated heterocycles. The van der Waals surface area contributed by atoms with Gasteiger partial charge in [0.05, 0.1) is 6.61 Å². The molecule has 23 heavy (non-hydrogen) atoms. The lowest BCUT2D eigenvalue weighted by Gasteiger charge is -2.09. The minimum absolute atomic E-state index is 0.129. The molecule has 1 aromatic carbocycles. The van der Waals surface area contributed by atoms with E-state index in [2.05, 4.69) is 6.92 Å². The number of hydrogen-bond donors (Lipinski definition) is 1. The van der Waals surface area contributed by atoms with E-state index in [4.69, 9.17) is 10.5 Å². The Morgan fingerprint density at radius 1 is 1.04 bits per heavy atom. The summed E-state index contributed by atoms with van der Waals surface area (Å²) in [6.45, 7) is 6.51. The molecule has 3 nitrogen and oxygen atoms in total. The van der Waals surface area contributed by atoms with Crippen molar-refractivity contribution in [3.8, 4) is 5.75 Å². The smallest absolute Gasteiger partial charge is 0.254 e. The average molecular weight is 329 g/mol. The molecule has 1 amide bonds. The van der Waals surface area contributed by atoms with Gasteiger partial charge in [-0.3, -0.25) is 4.79 Å². The zero-order chi connectivity index (χ0) is 17.7. The van der Waals surface area contributed by atoms with E-state index in [-0.39, 0.29) is 5.75 Å². The van der Waals surface area contributed by atoms with E-state index < -0.39 is 23.1 Å². The maximum absolute atomic E-state index is 13.8. The van der Waals surface area contributed by atoms with Crippen LogP contribution in [0.3, 0.4) is 0 Å². The van der Waals surface area contributed by atoms with Gasteiger partial charge in [0.1, 0.15) is 11.4 Å². The second-order valence-corrected chi connectivity index (χ2v) is 5.07. The van der Waals surface area contributed by atoms with Crippen LogP contribution in [0.5, 0.6) is 5.75 Å². The van der Waals surface area contributed by atoms with Crippen LogP contribution in [-0.4, -0.2) is 12.5 Å². The highest BCUT2D eigenvalue weighted by Crippen LogP contribution is 2.23. The summed E-state index contributed by atoms with van der Waals surface area (Å²) in [5.41, 5.74) is 4.20. The number of nitrogens with two attached hydrogens (primary N) is 1. The minimum Gasteiger partial charge on any atom is -0.490 e. The van der Waals surface area contributed by atoms with Gasteiger partial charge in [-0.1, -0.05) is 59.3 Å². The van der Waals surface area contributed by atoms with Crippen molar-refractivity contribution in [3.63, 3.8) is 0 Å². The normalized spacial score (nSPS) is 9.96. The maximum Gasteiger partial charge on any atom is 0.254 e. The van der Waals surface area contributed by atoms with Gasteiger partial charge in [0.25, 0.3) is 5.91 Å². The summed E-state index contributed by atoms with van der Waals surface area (Å²) in [5, 5.41) is 0. The van der Waals surface area contributed by atoms with E-state index in [1.807, 2.05) is 13.8 Å². The minimum atomic E-state index is -1.13. The van der Waals surface area contributed by atoms with E-state index in [0.717, 1.165) is 25.3 Å². The van der Waals surface area contributed by atoms with Crippen LogP contribution in [0.15, 0.2) is 12.1 Å². The van der Waals surface area contributed by atoms with E-state index in [0.29, 0.717) is 6.61 Å². The molecule has 0 fully saturated rings. The molecule has 1 rings (SSSR count). The predicted molar refractivity (Wildman–Crippen MR) is 89.7 cm³/mol. The Balaban J connectivity index is 0.00000232. The first kappa shape index (κ1) is 21.4. The van der Waals surface area contributed by atoms with Gasteiger partial charge in [0.15, 0.2) is 11.6 Å². The van der Waals surface area contributed by atoms with E-state index in [9.17, 15) is 13.6 Å². The van der Waals surface area contributed by atoms with Crippen LogP contribution in [0.4, 0.5) is 8.78 Å². The quantitative estimate of drug-likeness (QED) is 0.598. The van der Waals surface area contributed by atoms with Gasteiger partial charge in [-0.15, -0.1) is 0 Å². The lowest BCUT2D eigenvalue weighted by Crippen LogP contribution is -2.16. The first-order valence-corrected chi connectivity index (χ1v) is 8.48. The van der Waals surface area contributed by atoms with Crippen molar-refractivity contribution in [2.24, 2.45) is 5.73 Å². The van der Waals surface area contributed by atoms with Gasteiger partial charge in [0, 0.05) is 0 Å². The largest absolute Gasteiger partial charge is 0.490 e. The van der Waals surface area contributed by atoms with Crippen LogP contribution in [0.1, 0.15) is 76.1 Å². The van der Waals surface area contributed by atoms with Crippen molar-refractivity contribution in [2.45, 2.75) is 65.7 Å². The molecular weight excluding hydrogens is 300 g/mol. The van der Waals surface area contributed by atoms with Gasteiger partial charge in [-0.25, -0.2) is 8.78 Å². The molecule has 2 N–H and O–H groups in total. The third-order valence-corrected chi connectivity index (χ3v) is 3.31. The molecule has 0 saturated carbocycles. The molecule has 0 aliphatic heterocycles. The SMILES string of the molecule is CC.CCCCCCCCCOc1ccc(F)c(C(N)=O)c1F. The lowest BCUT2D eigenvalue weighted by molar-refractivity contribution is 0.0991. The summed E-state index contributed by atoms with van der Waals surface area (Å²) < 4.78 is 32.4. The van der Waals surface area contributed by atoms with E-state index in [1.54, 1.807) is 0 Å². The van der Waals surface area contributed by atoms with Gasteiger partial charge < -0.3 is 10.5 Å². The molecule has 132 valence electrons. The van der Waals surface area contributed by atoms with Crippen molar-refractivity contribution in [1.82, 2.24) is 0 Å². The molecule has 0 aliphatic rings. The Morgan fingerprint density at radius 3 is 2.17 bits per heavy atom. The van der Waals surface area contributed by atoms with Gasteiger partial charge in [0.2, 0.25) is 0 Å². The summed E-state index contributed by atoms with van der Waals surface area (Å²) in [5.74, 6) is -3.25. The third kappa shape index (κ3) is 7.95. The molecule has 0 heterocycles. The number of hydrogen-bond acceptors (Lipinski definition) is 2. The maximum atomic E-state index is 13.8. The number of carbonyl (C=O) groups excluding carboxylic acids is 1. The Hall–Kier alpha value is -1.65. The highest BCUT2D eigenvalue weighted by atomic mass is 19.1. The van der Waals surface area contributed by atoms with Crippen molar-refractivity contribution < 1.29 is 18.3 Å². The Bertz CT molecular complexity index is 465. The first-order chi connectivity index (χ1) is 11.1. The number of ether oxygens (including phenoxy) is 1. The molecule has 0 unspecified atom stereocenters. The number of primary amides is 1. The summed E-state index contributed by atoms with van der Waals surface area (Å²) in [6, 6.07) is 2.17. The monoisotopic (exact) mass is 329 g/mol. The number of benzene rings is 1. The zero-order valence-corrected chi connectivity index (χ0v) is 14.5. The molecule has 0 bridgehead atoms. The fraction of sp³-hybridized carbons (Fsp3) is 0.611.